The van der Waals surface area contributed by atoms with E-state index in [1.807, 2.05) is 19.9 Å². The molecule has 1 aromatic carbocycles. The normalized spacial score (nSPS) is 10.5. The monoisotopic (exact) mass is 338 g/mol. The Balaban J connectivity index is 1.81. The molecule has 1 amide bonds. The number of carbonyl (C=O) groups is 1. The van der Waals surface area contributed by atoms with Gasteiger partial charge < -0.3 is 5.32 Å². The lowest BCUT2D eigenvalue weighted by atomic mass is 10.1. The van der Waals surface area contributed by atoms with Gasteiger partial charge in [0.2, 0.25) is 0 Å². The Labute approximate surface area is 142 Å². The maximum atomic E-state index is 12.3. The molecule has 1 N–H and O–H groups in total. The zero-order valence-corrected chi connectivity index (χ0v) is 13.5. The van der Waals surface area contributed by atoms with Crippen LogP contribution in [0, 0.1) is 24.0 Å². The van der Waals surface area contributed by atoms with Crippen molar-refractivity contribution in [1.82, 2.24) is 19.7 Å². The second-order valence-electron chi connectivity index (χ2n) is 5.34. The van der Waals surface area contributed by atoms with Gasteiger partial charge in [0.15, 0.2) is 0 Å². The molecule has 3 aromatic rings. The lowest BCUT2D eigenvalue weighted by Crippen LogP contribution is -2.15. The highest BCUT2D eigenvalue weighted by Crippen LogP contribution is 2.19. The number of hydrogen-bond acceptors (Lipinski definition) is 6. The first-order valence-electron chi connectivity index (χ1n) is 7.36. The summed E-state index contributed by atoms with van der Waals surface area (Å²) in [7, 11) is 0. The fraction of sp³-hybridized carbons (Fsp3) is 0.125. The van der Waals surface area contributed by atoms with Gasteiger partial charge in [-0.3, -0.25) is 14.9 Å². The number of nitrogens with zero attached hydrogens (tertiary/aromatic N) is 5. The third kappa shape index (κ3) is 3.34. The second kappa shape index (κ2) is 6.48. The molecule has 2 heterocycles. The number of nitro groups is 1. The van der Waals surface area contributed by atoms with Gasteiger partial charge >= 0.3 is 0 Å². The number of aryl methyl sites for hydroxylation is 2. The van der Waals surface area contributed by atoms with Crippen LogP contribution < -0.4 is 5.32 Å². The summed E-state index contributed by atoms with van der Waals surface area (Å²) in [4.78, 5) is 31.0. The fourth-order valence-electron chi connectivity index (χ4n) is 2.35. The smallest absolute Gasteiger partial charge is 0.282 e. The van der Waals surface area contributed by atoms with Gasteiger partial charge in [0.25, 0.3) is 17.5 Å². The van der Waals surface area contributed by atoms with Crippen molar-refractivity contribution < 1.29 is 9.72 Å². The number of nitrogens with one attached hydrogen (secondary N) is 1. The van der Waals surface area contributed by atoms with E-state index in [0.717, 1.165) is 11.4 Å². The lowest BCUT2D eigenvalue weighted by molar-refractivity contribution is -0.385. The van der Waals surface area contributed by atoms with Crippen molar-refractivity contribution in [2.45, 2.75) is 13.8 Å². The molecule has 0 saturated carbocycles. The number of rotatable bonds is 4. The number of benzene rings is 1. The molecule has 0 atom stereocenters. The summed E-state index contributed by atoms with van der Waals surface area (Å²) in [5.41, 5.74) is 1.76. The molecule has 0 radical (unpaired) electrons. The molecule has 9 heteroatoms. The molecule has 0 aliphatic heterocycles. The van der Waals surface area contributed by atoms with Crippen LogP contribution >= 0.6 is 0 Å². The Kier molecular flexibility index (Phi) is 4.21. The summed E-state index contributed by atoms with van der Waals surface area (Å²) in [6.45, 7) is 3.75. The van der Waals surface area contributed by atoms with E-state index in [9.17, 15) is 14.9 Å². The molecule has 0 spiro atoms. The maximum Gasteiger partial charge on any atom is 0.282 e. The van der Waals surface area contributed by atoms with Crippen LogP contribution in [0.3, 0.4) is 0 Å². The minimum atomic E-state index is -0.602. The predicted molar refractivity (Wildman–Crippen MR) is 89.7 cm³/mol. The molecule has 0 unspecified atom stereocenters. The summed E-state index contributed by atoms with van der Waals surface area (Å²) in [6, 6.07) is 7.62. The highest BCUT2D eigenvalue weighted by atomic mass is 16.6. The van der Waals surface area contributed by atoms with Gasteiger partial charge in [-0.15, -0.1) is 0 Å². The second-order valence-corrected chi connectivity index (χ2v) is 5.34. The molecule has 0 saturated heterocycles. The first kappa shape index (κ1) is 16.2. The summed E-state index contributed by atoms with van der Waals surface area (Å²) < 4.78 is 1.59. The molecule has 25 heavy (non-hydrogen) atoms. The van der Waals surface area contributed by atoms with Crippen molar-refractivity contribution in [3.8, 4) is 5.95 Å². The van der Waals surface area contributed by atoms with Crippen LogP contribution in [-0.4, -0.2) is 30.6 Å². The number of nitro benzene ring substituents is 1. The average molecular weight is 338 g/mol. The van der Waals surface area contributed by atoms with Crippen molar-refractivity contribution in [1.29, 1.82) is 0 Å². The number of anilines is 1. The summed E-state index contributed by atoms with van der Waals surface area (Å²) in [5, 5.41) is 17.8. The Hall–Kier alpha value is -3.62. The SMILES string of the molecule is Cc1cc(C)n(-c2ncc(NC(=O)c3ccccc3[N+](=O)[O-])cn2)n1. The average Bonchev–Trinajstić information content (AvgIpc) is 2.94. The van der Waals surface area contributed by atoms with Gasteiger partial charge in [0.05, 0.1) is 28.7 Å². The fourth-order valence-corrected chi connectivity index (χ4v) is 2.35. The minimum absolute atomic E-state index is 0.0323. The molecule has 0 aliphatic rings. The molecule has 3 rings (SSSR count). The number of para-hydroxylation sites is 1. The summed E-state index contributed by atoms with van der Waals surface area (Å²) >= 11 is 0. The quantitative estimate of drug-likeness (QED) is 0.577. The van der Waals surface area contributed by atoms with E-state index in [0.29, 0.717) is 11.6 Å². The van der Waals surface area contributed by atoms with E-state index < -0.39 is 10.8 Å². The third-order valence-electron chi connectivity index (χ3n) is 3.44. The Morgan fingerprint density at radius 2 is 1.88 bits per heavy atom. The molecule has 0 fully saturated rings. The van der Waals surface area contributed by atoms with Gasteiger partial charge in [0, 0.05) is 11.8 Å². The zero-order valence-electron chi connectivity index (χ0n) is 13.5. The lowest BCUT2D eigenvalue weighted by Gasteiger charge is -2.06. The summed E-state index contributed by atoms with van der Waals surface area (Å²) in [6.07, 6.45) is 2.84. The topological polar surface area (TPSA) is 116 Å². The molecule has 0 bridgehead atoms. The van der Waals surface area contributed by atoms with E-state index in [1.165, 1.54) is 30.6 Å². The largest absolute Gasteiger partial charge is 0.319 e. The molecule has 126 valence electrons. The molecule has 0 aliphatic carbocycles. The standard InChI is InChI=1S/C16H14N6O3/c1-10-7-11(2)21(20-10)16-17-8-12(9-18-16)19-15(23)13-5-3-4-6-14(13)22(24)25/h3-9H,1-2H3,(H,19,23). The third-order valence-corrected chi connectivity index (χ3v) is 3.44. The zero-order chi connectivity index (χ0) is 18.0. The van der Waals surface area contributed by atoms with Crippen LogP contribution in [0.1, 0.15) is 21.7 Å². The van der Waals surface area contributed by atoms with Crippen molar-refractivity contribution in [3.05, 3.63) is 69.8 Å². The highest BCUT2D eigenvalue weighted by molar-refractivity contribution is 6.06. The number of hydrogen-bond donors (Lipinski definition) is 1. The van der Waals surface area contributed by atoms with Crippen LogP contribution in [0.25, 0.3) is 5.95 Å². The predicted octanol–water partition coefficient (Wildman–Crippen LogP) is 2.44. The van der Waals surface area contributed by atoms with Crippen LogP contribution in [-0.2, 0) is 0 Å². The Morgan fingerprint density at radius 1 is 1.20 bits per heavy atom. The van der Waals surface area contributed by atoms with Crippen molar-refractivity contribution in [3.63, 3.8) is 0 Å². The number of aromatic nitrogens is 4. The van der Waals surface area contributed by atoms with Crippen LogP contribution in [0.4, 0.5) is 11.4 Å². The molecular formula is C16H14N6O3. The number of amides is 1. The summed E-state index contributed by atoms with van der Waals surface area (Å²) in [5.74, 6) is -0.232. The van der Waals surface area contributed by atoms with E-state index in [4.69, 9.17) is 0 Å². The van der Waals surface area contributed by atoms with Crippen LogP contribution in [0.15, 0.2) is 42.7 Å². The molecular weight excluding hydrogens is 324 g/mol. The van der Waals surface area contributed by atoms with E-state index in [2.05, 4.69) is 20.4 Å². The van der Waals surface area contributed by atoms with Gasteiger partial charge in [0.1, 0.15) is 5.56 Å². The van der Waals surface area contributed by atoms with Crippen molar-refractivity contribution >= 4 is 17.3 Å². The molecule has 2 aromatic heterocycles. The number of carbonyl (C=O) groups excluding carboxylic acids is 1. The van der Waals surface area contributed by atoms with Gasteiger partial charge in [-0.2, -0.15) is 5.10 Å². The van der Waals surface area contributed by atoms with Crippen LogP contribution in [0.5, 0.6) is 0 Å². The Bertz CT molecular complexity index is 949. The van der Waals surface area contributed by atoms with Gasteiger partial charge in [-0.05, 0) is 26.0 Å². The van der Waals surface area contributed by atoms with Gasteiger partial charge in [-0.25, -0.2) is 14.6 Å². The van der Waals surface area contributed by atoms with E-state index in [1.54, 1.807) is 10.7 Å². The Morgan fingerprint density at radius 3 is 2.48 bits per heavy atom. The van der Waals surface area contributed by atoms with E-state index in [-0.39, 0.29) is 11.3 Å². The first-order valence-corrected chi connectivity index (χ1v) is 7.36. The van der Waals surface area contributed by atoms with Gasteiger partial charge in [-0.1, -0.05) is 12.1 Å². The van der Waals surface area contributed by atoms with Crippen molar-refractivity contribution in [2.24, 2.45) is 0 Å². The van der Waals surface area contributed by atoms with Crippen LogP contribution in [0.2, 0.25) is 0 Å². The first-order chi connectivity index (χ1) is 12.0. The minimum Gasteiger partial charge on any atom is -0.319 e. The molecule has 9 nitrogen and oxygen atoms in total. The van der Waals surface area contributed by atoms with Crippen molar-refractivity contribution in [2.75, 3.05) is 5.32 Å². The highest BCUT2D eigenvalue weighted by Gasteiger charge is 2.19. The van der Waals surface area contributed by atoms with E-state index >= 15 is 0 Å². The maximum absolute atomic E-state index is 12.3.